The molecule has 33 heavy (non-hydrogen) atoms. The molecule has 0 radical (unpaired) electrons. The van der Waals surface area contributed by atoms with Gasteiger partial charge in [-0.3, -0.25) is 4.79 Å². The number of aryl methyl sites for hydroxylation is 2. The van der Waals surface area contributed by atoms with Gasteiger partial charge in [0.05, 0.1) is 11.6 Å². The Morgan fingerprint density at radius 2 is 1.94 bits per heavy atom. The van der Waals surface area contributed by atoms with E-state index in [1.807, 2.05) is 13.1 Å². The molecule has 2 unspecified atom stereocenters. The first-order valence-electron chi connectivity index (χ1n) is 12.3. The van der Waals surface area contributed by atoms with Crippen molar-refractivity contribution in [1.82, 2.24) is 0 Å². The van der Waals surface area contributed by atoms with E-state index in [4.69, 9.17) is 4.84 Å². The molecule has 0 heterocycles. The first kappa shape index (κ1) is 23.5. The lowest BCUT2D eigenvalue weighted by molar-refractivity contribution is -0.157. The molecule has 1 fully saturated rings. The third-order valence-corrected chi connectivity index (χ3v) is 8.29. The number of rotatable bonds is 6. The van der Waals surface area contributed by atoms with Crippen LogP contribution in [-0.4, -0.2) is 17.3 Å². The fraction of sp³-hybridized carbons (Fsp3) is 0.517. The molecule has 0 amide bonds. The minimum absolute atomic E-state index is 0.125. The minimum Gasteiger partial charge on any atom is -0.481 e. The van der Waals surface area contributed by atoms with Gasteiger partial charge >= 0.3 is 5.97 Å². The van der Waals surface area contributed by atoms with Crippen molar-refractivity contribution in [3.05, 3.63) is 69.8 Å². The van der Waals surface area contributed by atoms with Gasteiger partial charge in [0.1, 0.15) is 6.61 Å². The van der Waals surface area contributed by atoms with Crippen LogP contribution in [-0.2, 0) is 28.1 Å². The van der Waals surface area contributed by atoms with E-state index in [1.54, 1.807) is 0 Å². The van der Waals surface area contributed by atoms with Gasteiger partial charge in [-0.25, -0.2) is 0 Å². The van der Waals surface area contributed by atoms with Crippen molar-refractivity contribution < 1.29 is 14.7 Å². The SMILES string of the molecule is Cc1ccc(CO/N=C/c2cc3c(cc2C(C)C)CCC2C(C)(C(=O)O)CCC[C@]32C)cc1. The number of hydrogen-bond donors (Lipinski definition) is 1. The van der Waals surface area contributed by atoms with Crippen LogP contribution in [0.2, 0.25) is 0 Å². The van der Waals surface area contributed by atoms with Gasteiger partial charge < -0.3 is 9.94 Å². The number of oxime groups is 1. The smallest absolute Gasteiger partial charge is 0.309 e. The Bertz CT molecular complexity index is 1060. The molecule has 0 saturated heterocycles. The summed E-state index contributed by atoms with van der Waals surface area (Å²) in [6, 6.07) is 12.9. The summed E-state index contributed by atoms with van der Waals surface area (Å²) in [6.07, 6.45) is 6.48. The first-order chi connectivity index (χ1) is 15.6. The lowest BCUT2D eigenvalue weighted by Crippen LogP contribution is -2.52. The summed E-state index contributed by atoms with van der Waals surface area (Å²) in [7, 11) is 0. The summed E-state index contributed by atoms with van der Waals surface area (Å²) in [6.45, 7) is 11.2. The minimum atomic E-state index is -0.660. The predicted molar refractivity (Wildman–Crippen MR) is 133 cm³/mol. The van der Waals surface area contributed by atoms with Crippen LogP contribution in [0.5, 0.6) is 0 Å². The molecule has 2 aliphatic carbocycles. The molecular weight excluding hydrogens is 410 g/mol. The standard InChI is InChI=1S/C29H37NO3/c1-19(2)24-15-22-11-12-26-28(4,13-6-14-29(26,5)27(31)32)25(22)16-23(24)17-30-33-18-21-9-7-20(3)8-10-21/h7-10,15-17,19,26H,6,11-14,18H2,1-5H3,(H,31,32)/b30-17+/t26?,28-,29?/m1/s1. The molecule has 2 aromatic carbocycles. The molecule has 4 heteroatoms. The number of fused-ring (bicyclic) bond motifs is 3. The van der Waals surface area contributed by atoms with Crippen LogP contribution in [0.15, 0.2) is 41.6 Å². The average Bonchev–Trinajstić information content (AvgIpc) is 2.77. The Morgan fingerprint density at radius 1 is 1.21 bits per heavy atom. The quantitative estimate of drug-likeness (QED) is 0.393. The Morgan fingerprint density at radius 3 is 2.61 bits per heavy atom. The van der Waals surface area contributed by atoms with E-state index < -0.39 is 11.4 Å². The highest BCUT2D eigenvalue weighted by atomic mass is 16.6. The third kappa shape index (κ3) is 4.32. The molecule has 0 aromatic heterocycles. The lowest BCUT2D eigenvalue weighted by atomic mass is 9.49. The van der Waals surface area contributed by atoms with E-state index in [9.17, 15) is 9.90 Å². The summed E-state index contributed by atoms with van der Waals surface area (Å²) in [5, 5.41) is 14.4. The fourth-order valence-electron chi connectivity index (χ4n) is 6.31. The molecule has 1 saturated carbocycles. The van der Waals surface area contributed by atoms with Gasteiger partial charge in [0.15, 0.2) is 0 Å². The van der Waals surface area contributed by atoms with Gasteiger partial charge in [-0.15, -0.1) is 0 Å². The number of benzene rings is 2. The van der Waals surface area contributed by atoms with Crippen LogP contribution in [0.4, 0.5) is 0 Å². The van der Waals surface area contributed by atoms with Crippen molar-refractivity contribution in [1.29, 1.82) is 0 Å². The summed E-state index contributed by atoms with van der Waals surface area (Å²) in [5.74, 6) is -0.127. The normalized spacial score (nSPS) is 26.8. The summed E-state index contributed by atoms with van der Waals surface area (Å²) < 4.78 is 0. The van der Waals surface area contributed by atoms with Gasteiger partial charge in [0.2, 0.25) is 0 Å². The fourth-order valence-corrected chi connectivity index (χ4v) is 6.31. The van der Waals surface area contributed by atoms with Crippen molar-refractivity contribution in [2.75, 3.05) is 0 Å². The van der Waals surface area contributed by atoms with Gasteiger partial charge in [0, 0.05) is 0 Å². The van der Waals surface area contributed by atoms with Crippen LogP contribution in [0.3, 0.4) is 0 Å². The summed E-state index contributed by atoms with van der Waals surface area (Å²) in [4.78, 5) is 17.9. The average molecular weight is 448 g/mol. The number of carboxylic acid groups (broad SMARTS) is 1. The second-order valence-corrected chi connectivity index (χ2v) is 10.9. The maximum atomic E-state index is 12.3. The van der Waals surface area contributed by atoms with E-state index >= 15 is 0 Å². The van der Waals surface area contributed by atoms with Gasteiger partial charge in [-0.05, 0) is 90.7 Å². The van der Waals surface area contributed by atoms with Gasteiger partial charge in [-0.2, -0.15) is 0 Å². The van der Waals surface area contributed by atoms with Crippen LogP contribution in [0.25, 0.3) is 0 Å². The summed E-state index contributed by atoms with van der Waals surface area (Å²) >= 11 is 0. The van der Waals surface area contributed by atoms with Crippen molar-refractivity contribution in [2.24, 2.45) is 16.5 Å². The van der Waals surface area contributed by atoms with Gasteiger partial charge in [-0.1, -0.05) is 68.2 Å². The second-order valence-electron chi connectivity index (χ2n) is 10.9. The molecule has 4 nitrogen and oxygen atoms in total. The van der Waals surface area contributed by atoms with E-state index in [2.05, 4.69) is 69.2 Å². The molecule has 3 atom stereocenters. The Kier molecular flexibility index (Phi) is 6.39. The number of carboxylic acids is 1. The van der Waals surface area contributed by atoms with E-state index in [1.165, 1.54) is 22.3 Å². The zero-order chi connectivity index (χ0) is 23.8. The molecular formula is C29H37NO3. The highest BCUT2D eigenvalue weighted by molar-refractivity contribution is 5.83. The first-order valence-corrected chi connectivity index (χ1v) is 12.3. The topological polar surface area (TPSA) is 58.9 Å². The second kappa shape index (κ2) is 8.96. The zero-order valence-corrected chi connectivity index (χ0v) is 20.6. The number of nitrogens with zero attached hydrogens (tertiary/aromatic N) is 1. The summed E-state index contributed by atoms with van der Waals surface area (Å²) in [5.41, 5.74) is 6.59. The molecule has 2 aromatic rings. The number of hydrogen-bond acceptors (Lipinski definition) is 3. The zero-order valence-electron chi connectivity index (χ0n) is 20.6. The molecule has 2 aliphatic rings. The monoisotopic (exact) mass is 447 g/mol. The van der Waals surface area contributed by atoms with Crippen LogP contribution in [0, 0.1) is 18.3 Å². The molecule has 0 spiro atoms. The van der Waals surface area contributed by atoms with Crippen molar-refractivity contribution in [3.8, 4) is 0 Å². The van der Waals surface area contributed by atoms with Gasteiger partial charge in [0.25, 0.3) is 0 Å². The van der Waals surface area contributed by atoms with Crippen molar-refractivity contribution >= 4 is 12.2 Å². The van der Waals surface area contributed by atoms with Crippen LogP contribution in [0.1, 0.15) is 92.7 Å². The van der Waals surface area contributed by atoms with Crippen molar-refractivity contribution in [3.63, 3.8) is 0 Å². The number of aliphatic carboxylic acids is 1. The molecule has 1 N–H and O–H groups in total. The van der Waals surface area contributed by atoms with Crippen LogP contribution >= 0.6 is 0 Å². The third-order valence-electron chi connectivity index (χ3n) is 8.29. The Hall–Kier alpha value is -2.62. The maximum Gasteiger partial charge on any atom is 0.309 e. The highest BCUT2D eigenvalue weighted by Crippen LogP contribution is 2.57. The largest absolute Gasteiger partial charge is 0.481 e. The molecule has 0 aliphatic heterocycles. The number of carbonyl (C=O) groups is 1. The van der Waals surface area contributed by atoms with E-state index in [0.717, 1.165) is 43.2 Å². The van der Waals surface area contributed by atoms with E-state index in [-0.39, 0.29) is 11.3 Å². The lowest BCUT2D eigenvalue weighted by Gasteiger charge is -2.53. The highest BCUT2D eigenvalue weighted by Gasteiger charge is 2.55. The Labute approximate surface area is 198 Å². The molecule has 176 valence electrons. The molecule has 0 bridgehead atoms. The van der Waals surface area contributed by atoms with Crippen molar-refractivity contribution in [2.45, 2.75) is 84.7 Å². The van der Waals surface area contributed by atoms with E-state index in [0.29, 0.717) is 12.5 Å². The maximum absolute atomic E-state index is 12.3. The molecule has 4 rings (SSSR count). The predicted octanol–water partition coefficient (Wildman–Crippen LogP) is 6.76. The Balaban J connectivity index is 1.65. The van der Waals surface area contributed by atoms with Crippen LogP contribution < -0.4 is 0 Å².